The summed E-state index contributed by atoms with van der Waals surface area (Å²) in [7, 11) is 1.65. The van der Waals surface area contributed by atoms with E-state index in [-0.39, 0.29) is 11.9 Å². The zero-order valence-electron chi connectivity index (χ0n) is 12.2. The molecule has 1 aromatic carbocycles. The van der Waals surface area contributed by atoms with Gasteiger partial charge in [0.25, 0.3) is 0 Å². The summed E-state index contributed by atoms with van der Waals surface area (Å²) < 4.78 is 5.46. The molecule has 1 aliphatic rings. The molecular weight excluding hydrogens is 268 g/mol. The van der Waals surface area contributed by atoms with Crippen LogP contribution in [0.15, 0.2) is 28.2 Å². The number of ether oxygens (including phenoxy) is 1. The molecule has 2 rings (SSSR count). The third kappa shape index (κ3) is 4.01. The summed E-state index contributed by atoms with van der Waals surface area (Å²) >= 11 is 0. The zero-order chi connectivity index (χ0) is 15.2. The van der Waals surface area contributed by atoms with Crippen LogP contribution in [-0.2, 0) is 0 Å². The number of methoxy groups -OCH3 is 1. The van der Waals surface area contributed by atoms with Gasteiger partial charge >= 0.3 is 0 Å². The molecule has 7 nitrogen and oxygen atoms in total. The Morgan fingerprint density at radius 1 is 1.14 bits per heavy atom. The van der Waals surface area contributed by atoms with Crippen molar-refractivity contribution in [3.63, 3.8) is 0 Å². The summed E-state index contributed by atoms with van der Waals surface area (Å²) in [6.45, 7) is 2.10. The molecule has 0 radical (unpaired) electrons. The van der Waals surface area contributed by atoms with Crippen LogP contribution >= 0.6 is 0 Å². The van der Waals surface area contributed by atoms with E-state index < -0.39 is 0 Å². The lowest BCUT2D eigenvalue weighted by molar-refractivity contribution is 0.413. The SMILES string of the molecule is COc1cc(N=C(N)N=C(N)N)ccc1N1CCCCC1. The van der Waals surface area contributed by atoms with E-state index in [4.69, 9.17) is 21.9 Å². The molecule has 0 unspecified atom stereocenters. The van der Waals surface area contributed by atoms with E-state index in [1.165, 1.54) is 19.3 Å². The molecule has 0 aliphatic carbocycles. The smallest absolute Gasteiger partial charge is 0.223 e. The molecule has 1 heterocycles. The lowest BCUT2D eigenvalue weighted by Gasteiger charge is -2.30. The average Bonchev–Trinajstić information content (AvgIpc) is 2.47. The Kier molecular flexibility index (Phi) is 4.86. The van der Waals surface area contributed by atoms with Crippen molar-refractivity contribution >= 4 is 23.3 Å². The second-order valence-electron chi connectivity index (χ2n) is 4.91. The predicted octanol–water partition coefficient (Wildman–Crippen LogP) is 0.905. The van der Waals surface area contributed by atoms with E-state index in [1.807, 2.05) is 18.2 Å². The molecule has 0 bridgehead atoms. The highest BCUT2D eigenvalue weighted by atomic mass is 16.5. The number of nitrogens with zero attached hydrogens (tertiary/aromatic N) is 3. The molecule has 21 heavy (non-hydrogen) atoms. The number of rotatable bonds is 3. The number of hydrogen-bond donors (Lipinski definition) is 3. The maximum atomic E-state index is 5.63. The molecule has 1 aliphatic heterocycles. The largest absolute Gasteiger partial charge is 0.495 e. The number of benzene rings is 1. The van der Waals surface area contributed by atoms with Gasteiger partial charge in [-0.3, -0.25) is 0 Å². The van der Waals surface area contributed by atoms with Crippen LogP contribution in [0.3, 0.4) is 0 Å². The quantitative estimate of drug-likeness (QED) is 0.565. The van der Waals surface area contributed by atoms with Gasteiger partial charge in [0.1, 0.15) is 5.75 Å². The Hall–Kier alpha value is -2.44. The minimum Gasteiger partial charge on any atom is -0.495 e. The zero-order valence-corrected chi connectivity index (χ0v) is 12.2. The van der Waals surface area contributed by atoms with Crippen molar-refractivity contribution in [2.24, 2.45) is 27.2 Å². The van der Waals surface area contributed by atoms with Crippen LogP contribution < -0.4 is 26.8 Å². The maximum absolute atomic E-state index is 5.63. The molecule has 7 heteroatoms. The Labute approximate surface area is 124 Å². The number of piperidine rings is 1. The minimum absolute atomic E-state index is 0.0165. The first kappa shape index (κ1) is 15.0. The normalized spacial score (nSPS) is 15.7. The van der Waals surface area contributed by atoms with Crippen molar-refractivity contribution in [2.75, 3.05) is 25.1 Å². The van der Waals surface area contributed by atoms with Gasteiger partial charge in [-0.2, -0.15) is 4.99 Å². The van der Waals surface area contributed by atoms with Crippen LogP contribution in [0, 0.1) is 0 Å². The standard InChI is InChI=1S/C14H22N6O/c1-21-12-9-10(18-14(17)19-13(15)16)5-6-11(12)20-7-3-2-4-8-20/h5-6,9H,2-4,7-8H2,1H3,(H6,15,16,17,18,19). The number of nitrogens with two attached hydrogens (primary N) is 3. The highest BCUT2D eigenvalue weighted by molar-refractivity contribution is 5.93. The lowest BCUT2D eigenvalue weighted by atomic mass is 10.1. The summed E-state index contributed by atoms with van der Waals surface area (Å²) in [4.78, 5) is 10.2. The molecule has 1 fully saturated rings. The average molecular weight is 290 g/mol. The van der Waals surface area contributed by atoms with E-state index in [0.29, 0.717) is 5.69 Å². The molecular formula is C14H22N6O. The summed E-state index contributed by atoms with van der Waals surface area (Å²) in [5, 5.41) is 0. The first-order valence-corrected chi connectivity index (χ1v) is 6.97. The summed E-state index contributed by atoms with van der Waals surface area (Å²) in [5.74, 6) is 0.673. The van der Waals surface area contributed by atoms with Crippen molar-refractivity contribution in [2.45, 2.75) is 19.3 Å². The molecule has 0 atom stereocenters. The highest BCUT2D eigenvalue weighted by Gasteiger charge is 2.15. The fourth-order valence-corrected chi connectivity index (χ4v) is 2.42. The number of anilines is 1. The van der Waals surface area contributed by atoms with E-state index >= 15 is 0 Å². The third-order valence-corrected chi connectivity index (χ3v) is 3.35. The summed E-state index contributed by atoms with van der Waals surface area (Å²) in [6.07, 6.45) is 3.71. The monoisotopic (exact) mass is 290 g/mol. The minimum atomic E-state index is -0.117. The predicted molar refractivity (Wildman–Crippen MR) is 86.2 cm³/mol. The first-order valence-electron chi connectivity index (χ1n) is 6.97. The summed E-state index contributed by atoms with van der Waals surface area (Å²) in [6, 6.07) is 5.70. The second kappa shape index (κ2) is 6.83. The van der Waals surface area contributed by atoms with Crippen LogP contribution in [0.4, 0.5) is 11.4 Å². The number of aliphatic imine (C=N–C) groups is 2. The lowest BCUT2D eigenvalue weighted by Crippen LogP contribution is -2.29. The molecule has 1 saturated heterocycles. The Bertz CT molecular complexity index is 544. The number of guanidine groups is 2. The van der Waals surface area contributed by atoms with Crippen molar-refractivity contribution in [1.82, 2.24) is 0 Å². The van der Waals surface area contributed by atoms with Gasteiger partial charge in [0.2, 0.25) is 5.96 Å². The Morgan fingerprint density at radius 2 is 1.86 bits per heavy atom. The fraction of sp³-hybridized carbons (Fsp3) is 0.429. The van der Waals surface area contributed by atoms with Gasteiger partial charge in [0.15, 0.2) is 5.96 Å². The molecule has 0 amide bonds. The van der Waals surface area contributed by atoms with Gasteiger partial charge in [-0.15, -0.1) is 0 Å². The van der Waals surface area contributed by atoms with Crippen molar-refractivity contribution in [3.8, 4) is 5.75 Å². The molecule has 0 saturated carbocycles. The van der Waals surface area contributed by atoms with Crippen molar-refractivity contribution in [1.29, 1.82) is 0 Å². The van der Waals surface area contributed by atoms with Crippen LogP contribution in [-0.4, -0.2) is 32.1 Å². The fourth-order valence-electron chi connectivity index (χ4n) is 2.42. The van der Waals surface area contributed by atoms with Crippen molar-refractivity contribution in [3.05, 3.63) is 18.2 Å². The van der Waals surface area contributed by atoms with Crippen LogP contribution in [0.1, 0.15) is 19.3 Å². The van der Waals surface area contributed by atoms with Crippen LogP contribution in [0.2, 0.25) is 0 Å². The van der Waals surface area contributed by atoms with E-state index in [1.54, 1.807) is 7.11 Å². The van der Waals surface area contributed by atoms with Crippen LogP contribution in [0.25, 0.3) is 0 Å². The molecule has 6 N–H and O–H groups in total. The molecule has 114 valence electrons. The van der Waals surface area contributed by atoms with E-state index in [2.05, 4.69) is 14.9 Å². The summed E-state index contributed by atoms with van der Waals surface area (Å²) in [5.41, 5.74) is 17.9. The molecule has 0 spiro atoms. The Balaban J connectivity index is 2.25. The topological polar surface area (TPSA) is 115 Å². The number of hydrogen-bond acceptors (Lipinski definition) is 3. The van der Waals surface area contributed by atoms with Gasteiger partial charge in [-0.1, -0.05) is 0 Å². The van der Waals surface area contributed by atoms with Gasteiger partial charge in [0.05, 0.1) is 18.5 Å². The van der Waals surface area contributed by atoms with E-state index in [0.717, 1.165) is 24.5 Å². The highest BCUT2D eigenvalue weighted by Crippen LogP contribution is 2.33. The molecule has 0 aromatic heterocycles. The van der Waals surface area contributed by atoms with Gasteiger partial charge in [-0.05, 0) is 31.4 Å². The van der Waals surface area contributed by atoms with Crippen LogP contribution in [0.5, 0.6) is 5.75 Å². The van der Waals surface area contributed by atoms with Gasteiger partial charge in [-0.25, -0.2) is 4.99 Å². The van der Waals surface area contributed by atoms with E-state index in [9.17, 15) is 0 Å². The van der Waals surface area contributed by atoms with Gasteiger partial charge < -0.3 is 26.8 Å². The third-order valence-electron chi connectivity index (χ3n) is 3.35. The maximum Gasteiger partial charge on any atom is 0.223 e. The first-order chi connectivity index (χ1) is 10.1. The van der Waals surface area contributed by atoms with Gasteiger partial charge in [0, 0.05) is 19.2 Å². The molecule has 1 aromatic rings. The van der Waals surface area contributed by atoms with Crippen molar-refractivity contribution < 1.29 is 4.74 Å². The Morgan fingerprint density at radius 3 is 2.48 bits per heavy atom. The second-order valence-corrected chi connectivity index (χ2v) is 4.91.